The molecule has 0 amide bonds. The van der Waals surface area contributed by atoms with Gasteiger partial charge in [0.1, 0.15) is 8.07 Å². The molecule has 1 aliphatic rings. The van der Waals surface area contributed by atoms with Crippen LogP contribution in [0, 0.1) is 0 Å². The average Bonchev–Trinajstić information content (AvgIpc) is 3.63. The topological polar surface area (TPSA) is 30.7 Å². The first kappa shape index (κ1) is 23.2. The second-order valence-electron chi connectivity index (χ2n) is 11.4. The van der Waals surface area contributed by atoms with Crippen molar-refractivity contribution in [2.45, 2.75) is 13.1 Å². The summed E-state index contributed by atoms with van der Waals surface area (Å²) in [7, 11) is -2.06. The highest BCUT2D eigenvalue weighted by atomic mass is 32.1. The quantitative estimate of drug-likeness (QED) is 0.199. The summed E-state index contributed by atoms with van der Waals surface area (Å²) in [6, 6.07) is 41.5. The van der Waals surface area contributed by atoms with Gasteiger partial charge in [-0.15, -0.1) is 11.3 Å². The molecule has 4 heterocycles. The summed E-state index contributed by atoms with van der Waals surface area (Å²) in [5.74, 6) is 0.751. The Morgan fingerprint density at radius 3 is 2.22 bits per heavy atom. The van der Waals surface area contributed by atoms with Gasteiger partial charge in [-0.1, -0.05) is 104 Å². The molecular formula is C36H25N3SSi. The summed E-state index contributed by atoms with van der Waals surface area (Å²) >= 11 is 1.86. The fourth-order valence-electron chi connectivity index (χ4n) is 6.92. The van der Waals surface area contributed by atoms with Crippen LogP contribution in [0.4, 0.5) is 0 Å². The van der Waals surface area contributed by atoms with E-state index in [1.807, 2.05) is 11.3 Å². The van der Waals surface area contributed by atoms with E-state index in [9.17, 15) is 0 Å². The molecule has 0 bridgehead atoms. The molecule has 0 N–H and O–H groups in total. The van der Waals surface area contributed by atoms with Gasteiger partial charge in [0.2, 0.25) is 5.95 Å². The maximum absolute atomic E-state index is 5.50. The van der Waals surface area contributed by atoms with Crippen molar-refractivity contribution in [2.75, 3.05) is 0 Å². The van der Waals surface area contributed by atoms with Crippen molar-refractivity contribution in [2.24, 2.45) is 0 Å². The van der Waals surface area contributed by atoms with E-state index in [4.69, 9.17) is 9.97 Å². The Morgan fingerprint density at radius 1 is 0.610 bits per heavy atom. The van der Waals surface area contributed by atoms with Gasteiger partial charge in [0.15, 0.2) is 0 Å². The minimum absolute atomic E-state index is 0.751. The summed E-state index contributed by atoms with van der Waals surface area (Å²) in [4.78, 5) is 10.9. The normalized spacial score (nSPS) is 13.8. The third-order valence-electron chi connectivity index (χ3n) is 8.78. The molecule has 194 valence electrons. The molecule has 0 spiro atoms. The van der Waals surface area contributed by atoms with E-state index in [-0.39, 0.29) is 0 Å². The third kappa shape index (κ3) is 3.07. The molecule has 1 aliphatic heterocycles. The summed E-state index contributed by atoms with van der Waals surface area (Å²) in [6.07, 6.45) is 0. The van der Waals surface area contributed by atoms with Crippen molar-refractivity contribution in [3.8, 4) is 28.3 Å². The summed E-state index contributed by atoms with van der Waals surface area (Å²) in [6.45, 7) is 4.85. The van der Waals surface area contributed by atoms with Crippen LogP contribution in [-0.2, 0) is 0 Å². The van der Waals surface area contributed by atoms with Crippen molar-refractivity contribution in [1.29, 1.82) is 0 Å². The molecular weight excluding hydrogens is 535 g/mol. The van der Waals surface area contributed by atoms with Crippen molar-refractivity contribution in [3.05, 3.63) is 115 Å². The van der Waals surface area contributed by atoms with Crippen LogP contribution >= 0.6 is 11.3 Å². The minimum Gasteiger partial charge on any atom is -0.278 e. The number of aromatic nitrogens is 3. The zero-order valence-electron chi connectivity index (χ0n) is 22.7. The van der Waals surface area contributed by atoms with E-state index < -0.39 is 8.07 Å². The van der Waals surface area contributed by atoms with Crippen LogP contribution in [0.15, 0.2) is 115 Å². The molecule has 3 aromatic heterocycles. The predicted octanol–water partition coefficient (Wildman–Crippen LogP) is 8.41. The van der Waals surface area contributed by atoms with Crippen LogP contribution in [0.2, 0.25) is 13.1 Å². The Morgan fingerprint density at radius 2 is 1.34 bits per heavy atom. The molecule has 0 unspecified atom stereocenters. The number of thiophene rings is 1. The van der Waals surface area contributed by atoms with E-state index in [1.54, 1.807) is 0 Å². The van der Waals surface area contributed by atoms with Crippen molar-refractivity contribution in [1.82, 2.24) is 14.5 Å². The highest BCUT2D eigenvalue weighted by molar-refractivity contribution is 7.26. The van der Waals surface area contributed by atoms with Crippen LogP contribution in [0.25, 0.3) is 70.3 Å². The predicted molar refractivity (Wildman–Crippen MR) is 177 cm³/mol. The molecule has 0 saturated carbocycles. The zero-order chi connectivity index (χ0) is 27.3. The number of nitrogens with zero attached hydrogens (tertiary/aromatic N) is 3. The molecule has 5 aromatic carbocycles. The van der Waals surface area contributed by atoms with Gasteiger partial charge in [-0.3, -0.25) is 4.57 Å². The second kappa shape index (κ2) is 8.23. The fourth-order valence-corrected chi connectivity index (χ4v) is 10.9. The average molecular weight is 560 g/mol. The van der Waals surface area contributed by atoms with Crippen molar-refractivity contribution >= 4 is 71.9 Å². The molecule has 8 aromatic rings. The molecule has 0 fully saturated rings. The summed E-state index contributed by atoms with van der Waals surface area (Å²) in [5.41, 5.74) is 6.93. The Kier molecular flexibility index (Phi) is 4.65. The standard InChI is InChI=1S/C36H25N3SSi/c1-41(2)30-19-11-8-16-25(30)33-34(22-12-4-3-5-13-22)37-36(38-35(33)41)39-26-17-9-6-14-23(26)31-27(39)20-21-29-32(31)24-15-7-10-18-28(24)40-29/h3-21H,1-2H3. The molecule has 41 heavy (non-hydrogen) atoms. The summed E-state index contributed by atoms with van der Waals surface area (Å²) in [5, 5.41) is 7.81. The van der Waals surface area contributed by atoms with Gasteiger partial charge in [0.25, 0.3) is 0 Å². The lowest BCUT2D eigenvalue weighted by Gasteiger charge is -2.19. The fraction of sp³-hybridized carbons (Fsp3) is 0.0556. The van der Waals surface area contributed by atoms with E-state index in [1.165, 1.54) is 52.6 Å². The van der Waals surface area contributed by atoms with Gasteiger partial charge in [-0.2, -0.15) is 0 Å². The number of benzene rings is 5. The molecule has 0 aliphatic carbocycles. The van der Waals surface area contributed by atoms with E-state index in [0.29, 0.717) is 0 Å². The van der Waals surface area contributed by atoms with Gasteiger partial charge in [0.05, 0.1) is 16.7 Å². The molecule has 0 saturated heterocycles. The number of hydrogen-bond acceptors (Lipinski definition) is 3. The Bertz CT molecular complexity index is 2350. The molecule has 0 radical (unpaired) electrons. The smallest absolute Gasteiger partial charge is 0.235 e. The number of hydrogen-bond donors (Lipinski definition) is 0. The van der Waals surface area contributed by atoms with Crippen LogP contribution in [0.5, 0.6) is 0 Å². The second-order valence-corrected chi connectivity index (χ2v) is 16.8. The largest absolute Gasteiger partial charge is 0.278 e. The lowest BCUT2D eigenvalue weighted by molar-refractivity contribution is 1.01. The van der Waals surface area contributed by atoms with Crippen molar-refractivity contribution in [3.63, 3.8) is 0 Å². The van der Waals surface area contributed by atoms with E-state index in [2.05, 4.69) is 133 Å². The molecule has 3 nitrogen and oxygen atoms in total. The van der Waals surface area contributed by atoms with Crippen molar-refractivity contribution < 1.29 is 0 Å². The van der Waals surface area contributed by atoms with Crippen LogP contribution < -0.4 is 10.5 Å². The van der Waals surface area contributed by atoms with E-state index >= 15 is 0 Å². The zero-order valence-corrected chi connectivity index (χ0v) is 24.5. The van der Waals surface area contributed by atoms with Crippen LogP contribution in [0.3, 0.4) is 0 Å². The van der Waals surface area contributed by atoms with Gasteiger partial charge in [0, 0.05) is 47.4 Å². The first-order valence-corrected chi connectivity index (χ1v) is 17.8. The molecule has 0 atom stereocenters. The first-order valence-electron chi connectivity index (χ1n) is 14.0. The maximum atomic E-state index is 5.50. The number of rotatable bonds is 2. The Labute approximate surface area is 242 Å². The monoisotopic (exact) mass is 559 g/mol. The van der Waals surface area contributed by atoms with Gasteiger partial charge in [-0.25, -0.2) is 9.97 Å². The molecule has 9 rings (SSSR count). The highest BCUT2D eigenvalue weighted by Crippen LogP contribution is 2.43. The summed E-state index contributed by atoms with van der Waals surface area (Å²) < 4.78 is 4.93. The molecule has 5 heteroatoms. The highest BCUT2D eigenvalue weighted by Gasteiger charge is 2.41. The first-order chi connectivity index (χ1) is 20.1. The number of para-hydroxylation sites is 1. The van der Waals surface area contributed by atoms with E-state index in [0.717, 1.165) is 28.2 Å². The SMILES string of the molecule is C[Si]1(C)c2ccccc2-c2c(-c3ccccc3)nc(-n3c4ccccc4c4c5c(ccc43)sc3ccccc35)nc21. The maximum Gasteiger partial charge on any atom is 0.235 e. The number of fused-ring (bicyclic) bond motifs is 10. The Hall–Kier alpha value is -4.58. The minimum atomic E-state index is -2.06. The van der Waals surface area contributed by atoms with Gasteiger partial charge >= 0.3 is 0 Å². The lowest BCUT2D eigenvalue weighted by atomic mass is 10.0. The Balaban J connectivity index is 1.44. The third-order valence-corrected chi connectivity index (χ3v) is 13.2. The van der Waals surface area contributed by atoms with Crippen LogP contribution in [0.1, 0.15) is 0 Å². The lowest BCUT2D eigenvalue weighted by Crippen LogP contribution is -2.51. The van der Waals surface area contributed by atoms with Crippen LogP contribution in [-0.4, -0.2) is 22.6 Å². The van der Waals surface area contributed by atoms with Gasteiger partial charge in [-0.05, 0) is 35.0 Å². The van der Waals surface area contributed by atoms with Gasteiger partial charge < -0.3 is 0 Å².